The van der Waals surface area contributed by atoms with Crippen LogP contribution >= 0.6 is 11.8 Å². The number of rotatable bonds is 7. The summed E-state index contributed by atoms with van der Waals surface area (Å²) in [6, 6.07) is 18.6. The van der Waals surface area contributed by atoms with Gasteiger partial charge < -0.3 is 34.5 Å². The molecular weight excluding hydrogens is 782 g/mol. The van der Waals surface area contributed by atoms with Crippen LogP contribution < -0.4 is 0 Å². The van der Waals surface area contributed by atoms with E-state index in [1.807, 2.05) is 42.5 Å². The predicted octanol–water partition coefficient (Wildman–Crippen LogP) is 2.69. The van der Waals surface area contributed by atoms with Crippen LogP contribution in [0, 0.1) is 16.9 Å². The number of benzene rings is 1. The smallest absolute Gasteiger partial charge is 0.354 e. The van der Waals surface area contributed by atoms with Crippen molar-refractivity contribution in [3.05, 3.63) is 89.5 Å². The van der Waals surface area contributed by atoms with E-state index in [2.05, 4.69) is 31.4 Å². The number of nitrogens with zero attached hydrogens (tertiary/aromatic N) is 5. The first kappa shape index (κ1) is 39.4. The summed E-state index contributed by atoms with van der Waals surface area (Å²) in [6.45, 7) is 6.87. The molecular formula is C32H40N5O7SW-. The summed E-state index contributed by atoms with van der Waals surface area (Å²) in [7, 11) is 0. The van der Waals surface area contributed by atoms with Crippen molar-refractivity contribution < 1.29 is 55.4 Å². The number of nitriles is 1. The van der Waals surface area contributed by atoms with Gasteiger partial charge in [0.05, 0.1) is 58.5 Å². The first-order valence-electron chi connectivity index (χ1n) is 14.6. The van der Waals surface area contributed by atoms with Crippen LogP contribution in [0.1, 0.15) is 33.5 Å². The van der Waals surface area contributed by atoms with Gasteiger partial charge in [-0.15, -0.1) is 6.07 Å². The van der Waals surface area contributed by atoms with Crippen LogP contribution in [0.3, 0.4) is 0 Å². The normalized spacial score (nSPS) is 17.2. The summed E-state index contributed by atoms with van der Waals surface area (Å²) >= 11 is 1.14. The molecule has 12 nitrogen and oxygen atoms in total. The molecule has 0 bridgehead atoms. The molecule has 3 N–H and O–H groups in total. The van der Waals surface area contributed by atoms with Crippen LogP contribution in [0.2, 0.25) is 0 Å². The molecule has 0 spiro atoms. The van der Waals surface area contributed by atoms with Crippen LogP contribution in [0.5, 0.6) is 0 Å². The SMILES string of the molecule is N#CSc1ccc(C(c2ccc[c-]n2)N2CCOCCOCCN(Cc3cccc(C(=O)O)n3)CCOCCOCC2)cc1.O.[W]. The molecule has 1 aliphatic heterocycles. The van der Waals surface area contributed by atoms with E-state index in [9.17, 15) is 9.90 Å². The second kappa shape index (κ2) is 22.7. The summed E-state index contributed by atoms with van der Waals surface area (Å²) in [6.07, 6.45) is 2.96. The molecule has 0 saturated carbocycles. The minimum absolute atomic E-state index is 0. The third-order valence-electron chi connectivity index (χ3n) is 6.94. The molecule has 1 aliphatic rings. The van der Waals surface area contributed by atoms with Crippen molar-refractivity contribution in [2.24, 2.45) is 0 Å². The average molecular weight is 823 g/mol. The number of ether oxygens (including phenoxy) is 4. The van der Waals surface area contributed by atoms with E-state index in [0.717, 1.165) is 27.9 Å². The third-order valence-corrected chi connectivity index (χ3v) is 7.54. The Labute approximate surface area is 288 Å². The van der Waals surface area contributed by atoms with Gasteiger partial charge in [0, 0.05) is 64.7 Å². The Morgan fingerprint density at radius 3 is 2.04 bits per heavy atom. The standard InChI is InChI=1S/C32H38N5O6S.H2O.W/c33-25-44-28-9-7-26(8-10-28)31(29-5-1-2-11-34-29)37-14-18-42-22-20-40-16-12-36(13-17-41-21-23-43-19-15-37)24-27-4-3-6-30(35-27)32(38)39;;/h1-10,31H,12-24H2,(H,38,39);1H2;/q-1;;. The molecule has 1 unspecified atom stereocenters. The molecule has 0 amide bonds. The Morgan fingerprint density at radius 2 is 1.50 bits per heavy atom. The largest absolute Gasteiger partial charge is 0.477 e. The molecule has 0 radical (unpaired) electrons. The van der Waals surface area contributed by atoms with Gasteiger partial charge in [0.1, 0.15) is 11.1 Å². The van der Waals surface area contributed by atoms with E-state index in [1.165, 1.54) is 6.07 Å². The predicted molar refractivity (Wildman–Crippen MR) is 168 cm³/mol. The number of hydrogen-bond donors (Lipinski definition) is 1. The molecule has 0 aliphatic carbocycles. The van der Waals surface area contributed by atoms with Gasteiger partial charge >= 0.3 is 5.97 Å². The number of hydrogen-bond acceptors (Lipinski definition) is 11. The van der Waals surface area contributed by atoms with Gasteiger partial charge in [-0.3, -0.25) is 9.80 Å². The van der Waals surface area contributed by atoms with Crippen molar-refractivity contribution in [1.29, 1.82) is 5.26 Å². The molecule has 3 heterocycles. The maximum Gasteiger partial charge on any atom is 0.354 e. The fraction of sp³-hybridized carbons (Fsp3) is 0.438. The molecule has 2 aromatic heterocycles. The zero-order chi connectivity index (χ0) is 30.8. The van der Waals surface area contributed by atoms with Crippen molar-refractivity contribution in [2.45, 2.75) is 17.5 Å². The second-order valence-electron chi connectivity index (χ2n) is 9.94. The number of pyridine rings is 2. The zero-order valence-corrected chi connectivity index (χ0v) is 29.3. The van der Waals surface area contributed by atoms with E-state index in [4.69, 9.17) is 24.2 Å². The number of carboxylic acid groups (broad SMARTS) is 1. The van der Waals surface area contributed by atoms with Gasteiger partial charge in [-0.05, 0) is 41.6 Å². The van der Waals surface area contributed by atoms with Crippen molar-refractivity contribution in [3.8, 4) is 5.40 Å². The molecule has 46 heavy (non-hydrogen) atoms. The Hall–Kier alpha value is -2.76. The van der Waals surface area contributed by atoms with E-state index in [1.54, 1.807) is 12.1 Å². The number of carboxylic acids is 1. The van der Waals surface area contributed by atoms with E-state index in [0.29, 0.717) is 91.3 Å². The van der Waals surface area contributed by atoms with Gasteiger partial charge in [0.2, 0.25) is 0 Å². The number of thioether (sulfide) groups is 1. The molecule has 1 fully saturated rings. The molecule has 1 atom stereocenters. The van der Waals surface area contributed by atoms with Crippen LogP contribution in [-0.4, -0.2) is 115 Å². The van der Waals surface area contributed by atoms with E-state index >= 15 is 0 Å². The summed E-state index contributed by atoms with van der Waals surface area (Å²) in [5.74, 6) is -1.04. The van der Waals surface area contributed by atoms with Crippen molar-refractivity contribution in [1.82, 2.24) is 19.8 Å². The molecule has 1 aromatic carbocycles. The summed E-state index contributed by atoms with van der Waals surface area (Å²) in [5.41, 5.74) is 2.64. The van der Waals surface area contributed by atoms with Gasteiger partial charge in [-0.1, -0.05) is 30.1 Å². The molecule has 4 rings (SSSR count). The fourth-order valence-corrected chi connectivity index (χ4v) is 5.16. The first-order valence-corrected chi connectivity index (χ1v) is 15.4. The third kappa shape index (κ3) is 13.5. The van der Waals surface area contributed by atoms with Crippen molar-refractivity contribution in [3.63, 3.8) is 0 Å². The van der Waals surface area contributed by atoms with Crippen molar-refractivity contribution in [2.75, 3.05) is 79.0 Å². The number of aromatic nitrogens is 2. The molecule has 1 saturated heterocycles. The minimum atomic E-state index is -1.04. The summed E-state index contributed by atoms with van der Waals surface area (Å²) in [4.78, 5) is 25.4. The second-order valence-corrected chi connectivity index (χ2v) is 10.8. The Morgan fingerprint density at radius 1 is 0.891 bits per heavy atom. The maximum atomic E-state index is 11.3. The van der Waals surface area contributed by atoms with Gasteiger partial charge in [0.15, 0.2) is 0 Å². The quantitative estimate of drug-likeness (QED) is 0.211. The van der Waals surface area contributed by atoms with Gasteiger partial charge in [-0.25, -0.2) is 9.78 Å². The van der Waals surface area contributed by atoms with Crippen molar-refractivity contribution >= 4 is 17.7 Å². The molecule has 3 aromatic rings. The monoisotopic (exact) mass is 822 g/mol. The Bertz CT molecular complexity index is 1300. The van der Waals surface area contributed by atoms with Crippen LogP contribution in [0.4, 0.5) is 0 Å². The first-order chi connectivity index (χ1) is 21.6. The Kier molecular flexibility index (Phi) is 19.5. The number of thiocyanates is 1. The maximum absolute atomic E-state index is 11.3. The van der Waals surface area contributed by atoms with E-state index in [-0.39, 0.29) is 38.3 Å². The number of carbonyl (C=O) groups is 1. The van der Waals surface area contributed by atoms with Crippen LogP contribution in [0.15, 0.2) is 65.6 Å². The van der Waals surface area contributed by atoms with E-state index < -0.39 is 5.97 Å². The topological polar surface area (TPSA) is 162 Å². The average Bonchev–Trinajstić information content (AvgIpc) is 3.04. The Balaban J connectivity index is 0.00000368. The van der Waals surface area contributed by atoms with Gasteiger partial charge in [0.25, 0.3) is 0 Å². The van der Waals surface area contributed by atoms with Crippen LogP contribution in [0.25, 0.3) is 0 Å². The minimum Gasteiger partial charge on any atom is -0.477 e. The number of aromatic carboxylic acids is 1. The fourth-order valence-electron chi connectivity index (χ4n) is 4.78. The van der Waals surface area contributed by atoms with Gasteiger partial charge in [-0.2, -0.15) is 17.4 Å². The van der Waals surface area contributed by atoms with Crippen LogP contribution in [-0.2, 0) is 46.6 Å². The summed E-state index contributed by atoms with van der Waals surface area (Å²) in [5, 5.41) is 20.4. The molecule has 248 valence electrons. The summed E-state index contributed by atoms with van der Waals surface area (Å²) < 4.78 is 23.6. The zero-order valence-electron chi connectivity index (χ0n) is 25.6. The molecule has 14 heteroatoms.